The molecule has 0 radical (unpaired) electrons. The van der Waals surface area contributed by atoms with Crippen LogP contribution in [0.3, 0.4) is 0 Å². The first-order chi connectivity index (χ1) is 4.66. The van der Waals surface area contributed by atoms with Crippen LogP contribution in [0.1, 0.15) is 13.3 Å². The molecule has 0 bridgehead atoms. The Morgan fingerprint density at radius 2 is 2.40 bits per heavy atom. The van der Waals surface area contributed by atoms with E-state index in [1.807, 2.05) is 6.92 Å². The number of hydrogen-bond donors (Lipinski definition) is 2. The van der Waals surface area contributed by atoms with E-state index in [-0.39, 0.29) is 6.10 Å². The van der Waals surface area contributed by atoms with Gasteiger partial charge in [-0.05, 0) is 6.42 Å². The fraction of sp³-hybridized carbons (Fsp3) is 0.714. The van der Waals surface area contributed by atoms with Crippen LogP contribution in [-0.2, 0) is 0 Å². The molecule has 60 valence electrons. The largest absolute Gasteiger partial charge is 0.392 e. The average molecular weight is 164 g/mol. The lowest BCUT2D eigenvalue weighted by Crippen LogP contribution is -2.26. The van der Waals surface area contributed by atoms with E-state index in [2.05, 4.69) is 11.9 Å². The quantitative estimate of drug-likeness (QED) is 0.636. The Morgan fingerprint density at radius 3 is 2.80 bits per heavy atom. The van der Waals surface area contributed by atoms with Gasteiger partial charge in [-0.1, -0.05) is 25.1 Å². The fourth-order valence-electron chi connectivity index (χ4n) is 0.519. The molecule has 0 saturated carbocycles. The van der Waals surface area contributed by atoms with Crippen LogP contribution >= 0.6 is 11.6 Å². The zero-order chi connectivity index (χ0) is 7.98. The molecule has 0 aliphatic carbocycles. The Hall–Kier alpha value is -0.0500. The predicted octanol–water partition coefficient (Wildman–Crippen LogP) is 1.10. The van der Waals surface area contributed by atoms with Gasteiger partial charge in [0.2, 0.25) is 0 Å². The third kappa shape index (κ3) is 6.08. The molecule has 3 heteroatoms. The van der Waals surface area contributed by atoms with Gasteiger partial charge in [0.05, 0.1) is 6.10 Å². The molecule has 0 aromatic rings. The van der Waals surface area contributed by atoms with E-state index in [0.29, 0.717) is 18.1 Å². The highest BCUT2D eigenvalue weighted by Gasteiger charge is 1.97. The highest BCUT2D eigenvalue weighted by atomic mass is 35.5. The van der Waals surface area contributed by atoms with E-state index in [0.717, 1.165) is 6.42 Å². The summed E-state index contributed by atoms with van der Waals surface area (Å²) >= 11 is 5.47. The lowest BCUT2D eigenvalue weighted by molar-refractivity contribution is 0.169. The summed E-state index contributed by atoms with van der Waals surface area (Å²) in [5.41, 5.74) is 0. The van der Waals surface area contributed by atoms with Gasteiger partial charge in [-0.15, -0.1) is 0 Å². The van der Waals surface area contributed by atoms with Crippen molar-refractivity contribution < 1.29 is 5.11 Å². The number of halogens is 1. The van der Waals surface area contributed by atoms with Crippen LogP contribution in [0.5, 0.6) is 0 Å². The van der Waals surface area contributed by atoms with E-state index in [4.69, 9.17) is 16.7 Å². The summed E-state index contributed by atoms with van der Waals surface area (Å²) in [4.78, 5) is 0. The summed E-state index contributed by atoms with van der Waals surface area (Å²) in [7, 11) is 0. The Morgan fingerprint density at radius 1 is 1.80 bits per heavy atom. The minimum absolute atomic E-state index is 0.268. The summed E-state index contributed by atoms with van der Waals surface area (Å²) in [6, 6.07) is 0. The Bertz CT molecular complexity index is 106. The molecule has 0 fully saturated rings. The molecule has 0 saturated heterocycles. The van der Waals surface area contributed by atoms with Crippen LogP contribution in [0.15, 0.2) is 11.6 Å². The molecule has 0 rings (SSSR count). The highest BCUT2D eigenvalue weighted by Crippen LogP contribution is 1.93. The Balaban J connectivity index is 3.11. The summed E-state index contributed by atoms with van der Waals surface area (Å²) in [5.74, 6) is 0. The van der Waals surface area contributed by atoms with E-state index >= 15 is 0 Å². The van der Waals surface area contributed by atoms with Crippen molar-refractivity contribution in [3.8, 4) is 0 Å². The summed E-state index contributed by atoms with van der Waals surface area (Å²) < 4.78 is 0. The molecule has 2 N–H and O–H groups in total. The standard InChI is InChI=1S/C7H14ClNO/c1-3-7(10)5-9-4-6(2)8/h7,9-10H,2-5H2,1H3/t7-/m1/s1. The van der Waals surface area contributed by atoms with Gasteiger partial charge in [-0.3, -0.25) is 0 Å². The lowest BCUT2D eigenvalue weighted by Gasteiger charge is -2.07. The van der Waals surface area contributed by atoms with E-state index in [1.54, 1.807) is 0 Å². The van der Waals surface area contributed by atoms with E-state index < -0.39 is 0 Å². The molecule has 0 heterocycles. The van der Waals surface area contributed by atoms with E-state index in [9.17, 15) is 0 Å². The molecule has 0 unspecified atom stereocenters. The first-order valence-electron chi connectivity index (χ1n) is 3.38. The maximum Gasteiger partial charge on any atom is 0.0662 e. The van der Waals surface area contributed by atoms with Gasteiger partial charge in [0, 0.05) is 18.1 Å². The molecular weight excluding hydrogens is 150 g/mol. The number of aliphatic hydroxyl groups excluding tert-OH is 1. The Labute approximate surface area is 66.9 Å². The predicted molar refractivity (Wildman–Crippen MR) is 44.2 cm³/mol. The minimum Gasteiger partial charge on any atom is -0.392 e. The number of hydrogen-bond acceptors (Lipinski definition) is 2. The van der Waals surface area contributed by atoms with Crippen molar-refractivity contribution in [2.24, 2.45) is 0 Å². The van der Waals surface area contributed by atoms with Crippen LogP contribution in [0.25, 0.3) is 0 Å². The molecule has 1 atom stereocenters. The second-order valence-corrected chi connectivity index (χ2v) is 2.74. The van der Waals surface area contributed by atoms with Crippen molar-refractivity contribution in [3.63, 3.8) is 0 Å². The van der Waals surface area contributed by atoms with Crippen LogP contribution in [0.4, 0.5) is 0 Å². The van der Waals surface area contributed by atoms with Gasteiger partial charge in [0.15, 0.2) is 0 Å². The number of nitrogens with one attached hydrogen (secondary N) is 1. The molecule has 0 aromatic heterocycles. The molecule has 0 aliphatic rings. The normalized spacial score (nSPS) is 13.1. The first-order valence-corrected chi connectivity index (χ1v) is 3.76. The molecule has 0 amide bonds. The van der Waals surface area contributed by atoms with Crippen molar-refractivity contribution in [1.82, 2.24) is 5.32 Å². The van der Waals surface area contributed by atoms with Gasteiger partial charge < -0.3 is 10.4 Å². The second-order valence-electron chi connectivity index (χ2n) is 2.21. The maximum absolute atomic E-state index is 9.04. The zero-order valence-electron chi connectivity index (χ0n) is 6.23. The van der Waals surface area contributed by atoms with E-state index in [1.165, 1.54) is 0 Å². The highest BCUT2D eigenvalue weighted by molar-refractivity contribution is 6.29. The van der Waals surface area contributed by atoms with Gasteiger partial charge >= 0.3 is 0 Å². The van der Waals surface area contributed by atoms with Gasteiger partial charge in [0.1, 0.15) is 0 Å². The van der Waals surface area contributed by atoms with Crippen molar-refractivity contribution in [2.45, 2.75) is 19.4 Å². The Kier molecular flexibility index (Phi) is 5.69. The third-order valence-corrected chi connectivity index (χ3v) is 1.30. The van der Waals surface area contributed by atoms with Crippen molar-refractivity contribution in [1.29, 1.82) is 0 Å². The SMILES string of the molecule is C=C(Cl)CNC[C@H](O)CC. The third-order valence-electron chi connectivity index (χ3n) is 1.17. The molecule has 10 heavy (non-hydrogen) atoms. The fourth-order valence-corrected chi connectivity index (χ4v) is 0.613. The smallest absolute Gasteiger partial charge is 0.0662 e. The van der Waals surface area contributed by atoms with Crippen LogP contribution in [0, 0.1) is 0 Å². The van der Waals surface area contributed by atoms with Crippen LogP contribution in [0.2, 0.25) is 0 Å². The molecule has 0 spiro atoms. The second kappa shape index (κ2) is 5.71. The van der Waals surface area contributed by atoms with Gasteiger partial charge in [-0.2, -0.15) is 0 Å². The first kappa shape index (κ1) is 9.95. The minimum atomic E-state index is -0.268. The molecular formula is C7H14ClNO. The molecule has 0 aliphatic heterocycles. The zero-order valence-corrected chi connectivity index (χ0v) is 6.99. The van der Waals surface area contributed by atoms with Crippen molar-refractivity contribution in [3.05, 3.63) is 11.6 Å². The topological polar surface area (TPSA) is 32.3 Å². The number of rotatable bonds is 5. The van der Waals surface area contributed by atoms with Crippen LogP contribution < -0.4 is 5.32 Å². The van der Waals surface area contributed by atoms with Gasteiger partial charge in [-0.25, -0.2) is 0 Å². The van der Waals surface area contributed by atoms with Gasteiger partial charge in [0.25, 0.3) is 0 Å². The average Bonchev–Trinajstić information content (AvgIpc) is 1.87. The summed E-state index contributed by atoms with van der Waals surface area (Å²) in [6.07, 6.45) is 0.498. The lowest BCUT2D eigenvalue weighted by atomic mass is 10.3. The maximum atomic E-state index is 9.04. The number of aliphatic hydroxyl groups is 1. The summed E-state index contributed by atoms with van der Waals surface area (Å²) in [5, 5.41) is 12.6. The molecule has 2 nitrogen and oxygen atoms in total. The van der Waals surface area contributed by atoms with Crippen molar-refractivity contribution in [2.75, 3.05) is 13.1 Å². The summed E-state index contributed by atoms with van der Waals surface area (Å²) in [6.45, 7) is 6.59. The molecule has 0 aromatic carbocycles. The van der Waals surface area contributed by atoms with Crippen LogP contribution in [-0.4, -0.2) is 24.3 Å². The monoisotopic (exact) mass is 163 g/mol. The van der Waals surface area contributed by atoms with Crippen molar-refractivity contribution >= 4 is 11.6 Å².